The monoisotopic (exact) mass is 470 g/mol. The van der Waals surface area contributed by atoms with Crippen LogP contribution in [0.15, 0.2) is 77.7 Å². The maximum absolute atomic E-state index is 13.3. The summed E-state index contributed by atoms with van der Waals surface area (Å²) in [5.41, 5.74) is 1.12. The normalized spacial score (nSPS) is 13.8. The molecule has 1 atom stereocenters. The van der Waals surface area contributed by atoms with Crippen LogP contribution in [0.2, 0.25) is 0 Å². The van der Waals surface area contributed by atoms with Crippen molar-refractivity contribution in [1.82, 2.24) is 5.32 Å². The van der Waals surface area contributed by atoms with E-state index in [4.69, 9.17) is 9.47 Å². The molecule has 0 spiro atoms. The van der Waals surface area contributed by atoms with Gasteiger partial charge in [0.15, 0.2) is 11.5 Å². The van der Waals surface area contributed by atoms with Crippen LogP contribution in [0.25, 0.3) is 0 Å². The standard InChI is InChI=1S/C24H23FN2O5S/c1-17(18-7-12-22-23(15-18)32-14-13-31-22)26-24(28)16-27(20-5-3-2-4-6-20)33(29,30)21-10-8-19(25)9-11-21/h2-12,15,17H,13-14,16H2,1H3,(H,26,28)/t17-/m0/s1. The van der Waals surface area contributed by atoms with Crippen LogP contribution >= 0.6 is 0 Å². The predicted octanol–water partition coefficient (Wildman–Crippen LogP) is 3.67. The van der Waals surface area contributed by atoms with E-state index in [0.29, 0.717) is 30.4 Å². The molecule has 0 aromatic heterocycles. The van der Waals surface area contributed by atoms with E-state index < -0.39 is 34.3 Å². The number of sulfonamides is 1. The summed E-state index contributed by atoms with van der Waals surface area (Å²) in [7, 11) is -4.11. The van der Waals surface area contributed by atoms with Crippen LogP contribution in [0.5, 0.6) is 11.5 Å². The van der Waals surface area contributed by atoms with Gasteiger partial charge in [0.25, 0.3) is 10.0 Å². The summed E-state index contributed by atoms with van der Waals surface area (Å²) in [5.74, 6) is 0.201. The second-order valence-corrected chi connectivity index (χ2v) is 9.36. The van der Waals surface area contributed by atoms with Crippen molar-refractivity contribution in [2.24, 2.45) is 0 Å². The second kappa shape index (κ2) is 9.50. The van der Waals surface area contributed by atoms with Crippen molar-refractivity contribution in [3.05, 3.63) is 84.2 Å². The molecular formula is C24H23FN2O5S. The van der Waals surface area contributed by atoms with Crippen molar-refractivity contribution in [3.8, 4) is 11.5 Å². The number of hydrogen-bond acceptors (Lipinski definition) is 5. The molecule has 0 saturated carbocycles. The minimum Gasteiger partial charge on any atom is -0.486 e. The summed E-state index contributed by atoms with van der Waals surface area (Å²) in [6.45, 7) is 2.28. The Morgan fingerprint density at radius 2 is 1.67 bits per heavy atom. The van der Waals surface area contributed by atoms with Crippen molar-refractivity contribution < 1.29 is 27.1 Å². The van der Waals surface area contributed by atoms with Crippen LogP contribution in [0.3, 0.4) is 0 Å². The molecule has 0 bridgehead atoms. The molecule has 33 heavy (non-hydrogen) atoms. The Kier molecular flexibility index (Phi) is 6.50. The molecular weight excluding hydrogens is 447 g/mol. The molecule has 0 saturated heterocycles. The fourth-order valence-electron chi connectivity index (χ4n) is 3.47. The summed E-state index contributed by atoms with van der Waals surface area (Å²) in [5, 5.41) is 2.83. The maximum Gasteiger partial charge on any atom is 0.264 e. The van der Waals surface area contributed by atoms with Gasteiger partial charge in [0.1, 0.15) is 25.6 Å². The summed E-state index contributed by atoms with van der Waals surface area (Å²) < 4.78 is 52.0. The summed E-state index contributed by atoms with van der Waals surface area (Å²) in [6, 6.07) is 17.8. The highest BCUT2D eigenvalue weighted by Crippen LogP contribution is 2.32. The lowest BCUT2D eigenvalue weighted by Crippen LogP contribution is -2.41. The number of carbonyl (C=O) groups excluding carboxylic acids is 1. The number of amides is 1. The molecule has 4 rings (SSSR count). The molecule has 3 aromatic rings. The highest BCUT2D eigenvalue weighted by atomic mass is 32.2. The topological polar surface area (TPSA) is 84.9 Å². The molecule has 1 aliphatic rings. The van der Waals surface area contributed by atoms with Crippen molar-refractivity contribution in [1.29, 1.82) is 0 Å². The first-order valence-electron chi connectivity index (χ1n) is 10.4. The van der Waals surface area contributed by atoms with E-state index in [1.54, 1.807) is 49.4 Å². The van der Waals surface area contributed by atoms with E-state index in [1.165, 1.54) is 12.1 Å². The summed E-state index contributed by atoms with van der Waals surface area (Å²) in [6.07, 6.45) is 0. The Morgan fingerprint density at radius 1 is 1.00 bits per heavy atom. The van der Waals surface area contributed by atoms with Crippen LogP contribution in [0, 0.1) is 5.82 Å². The molecule has 172 valence electrons. The Labute approximate surface area is 191 Å². The lowest BCUT2D eigenvalue weighted by atomic mass is 10.1. The van der Waals surface area contributed by atoms with Crippen LogP contribution in [-0.2, 0) is 14.8 Å². The first-order valence-corrected chi connectivity index (χ1v) is 11.8. The largest absolute Gasteiger partial charge is 0.486 e. The van der Waals surface area contributed by atoms with E-state index in [-0.39, 0.29) is 4.90 Å². The molecule has 0 fully saturated rings. The third-order valence-corrected chi connectivity index (χ3v) is 6.96. The average Bonchev–Trinajstić information content (AvgIpc) is 2.83. The highest BCUT2D eigenvalue weighted by Gasteiger charge is 2.28. The predicted molar refractivity (Wildman–Crippen MR) is 121 cm³/mol. The van der Waals surface area contributed by atoms with Gasteiger partial charge >= 0.3 is 0 Å². The van der Waals surface area contributed by atoms with Crippen LogP contribution in [0.4, 0.5) is 10.1 Å². The molecule has 0 unspecified atom stereocenters. The summed E-state index contributed by atoms with van der Waals surface area (Å²) >= 11 is 0. The second-order valence-electron chi connectivity index (χ2n) is 7.49. The molecule has 1 aliphatic heterocycles. The van der Waals surface area contributed by atoms with E-state index in [2.05, 4.69) is 5.32 Å². The number of halogens is 1. The minimum atomic E-state index is -4.11. The van der Waals surface area contributed by atoms with E-state index in [1.807, 2.05) is 6.07 Å². The van der Waals surface area contributed by atoms with E-state index in [9.17, 15) is 17.6 Å². The zero-order valence-electron chi connectivity index (χ0n) is 17.9. The smallest absolute Gasteiger partial charge is 0.264 e. The van der Waals surface area contributed by atoms with E-state index in [0.717, 1.165) is 22.0 Å². The van der Waals surface area contributed by atoms with Crippen LogP contribution < -0.4 is 19.1 Å². The first kappa shape index (κ1) is 22.6. The molecule has 7 nitrogen and oxygen atoms in total. The number of benzene rings is 3. The number of fused-ring (bicyclic) bond motifs is 1. The fraction of sp³-hybridized carbons (Fsp3) is 0.208. The van der Waals surface area contributed by atoms with Gasteiger partial charge in [-0.15, -0.1) is 0 Å². The maximum atomic E-state index is 13.3. The number of nitrogens with one attached hydrogen (secondary N) is 1. The minimum absolute atomic E-state index is 0.111. The molecule has 0 radical (unpaired) electrons. The molecule has 3 aromatic carbocycles. The quantitative estimate of drug-likeness (QED) is 0.570. The molecule has 1 N–H and O–H groups in total. The van der Waals surface area contributed by atoms with Crippen molar-refractivity contribution in [3.63, 3.8) is 0 Å². The lowest BCUT2D eigenvalue weighted by molar-refractivity contribution is -0.120. The molecule has 9 heteroatoms. The zero-order valence-corrected chi connectivity index (χ0v) is 18.7. The number of carbonyl (C=O) groups is 1. The number of hydrogen-bond donors (Lipinski definition) is 1. The Balaban J connectivity index is 1.55. The van der Waals surface area contributed by atoms with Crippen molar-refractivity contribution in [2.45, 2.75) is 17.9 Å². The van der Waals surface area contributed by atoms with Gasteiger partial charge in [-0.05, 0) is 61.0 Å². The Hall–Kier alpha value is -3.59. The molecule has 1 amide bonds. The summed E-state index contributed by atoms with van der Waals surface area (Å²) in [4.78, 5) is 12.8. The van der Waals surface area contributed by atoms with Crippen molar-refractivity contribution in [2.75, 3.05) is 24.1 Å². The molecule has 0 aliphatic carbocycles. The van der Waals surface area contributed by atoms with Gasteiger partial charge < -0.3 is 14.8 Å². The Morgan fingerprint density at radius 3 is 2.36 bits per heavy atom. The third-order valence-electron chi connectivity index (χ3n) is 5.18. The highest BCUT2D eigenvalue weighted by molar-refractivity contribution is 7.92. The number of ether oxygens (including phenoxy) is 2. The van der Waals surface area contributed by atoms with Crippen LogP contribution in [0.1, 0.15) is 18.5 Å². The molecule has 1 heterocycles. The van der Waals surface area contributed by atoms with Gasteiger partial charge in [-0.25, -0.2) is 12.8 Å². The third kappa shape index (κ3) is 5.09. The SMILES string of the molecule is C[C@H](NC(=O)CN(c1ccccc1)S(=O)(=O)c1ccc(F)cc1)c1ccc2c(c1)OCCO2. The lowest BCUT2D eigenvalue weighted by Gasteiger charge is -2.25. The number of rotatable bonds is 7. The van der Waals surface area contributed by atoms with Gasteiger partial charge in [-0.3, -0.25) is 9.10 Å². The van der Waals surface area contributed by atoms with Gasteiger partial charge in [0, 0.05) is 0 Å². The van der Waals surface area contributed by atoms with E-state index >= 15 is 0 Å². The Bertz CT molecular complexity index is 1230. The fourth-order valence-corrected chi connectivity index (χ4v) is 4.89. The van der Waals surface area contributed by atoms with Gasteiger partial charge in [-0.1, -0.05) is 24.3 Å². The van der Waals surface area contributed by atoms with Gasteiger partial charge in [0.05, 0.1) is 16.6 Å². The zero-order chi connectivity index (χ0) is 23.4. The average molecular weight is 471 g/mol. The van der Waals surface area contributed by atoms with Crippen molar-refractivity contribution >= 4 is 21.6 Å². The first-order chi connectivity index (χ1) is 15.8. The van der Waals surface area contributed by atoms with Gasteiger partial charge in [-0.2, -0.15) is 0 Å². The van der Waals surface area contributed by atoms with Gasteiger partial charge in [0.2, 0.25) is 5.91 Å². The number of para-hydroxylation sites is 1. The number of anilines is 1. The van der Waals surface area contributed by atoms with Crippen LogP contribution in [-0.4, -0.2) is 34.1 Å². The number of nitrogens with zero attached hydrogens (tertiary/aromatic N) is 1.